The first-order valence-corrected chi connectivity index (χ1v) is 18.9. The van der Waals surface area contributed by atoms with Crippen molar-refractivity contribution in [1.29, 1.82) is 0 Å². The fourth-order valence-electron chi connectivity index (χ4n) is 5.87. The van der Waals surface area contributed by atoms with E-state index in [-0.39, 0.29) is 0 Å². The smallest absolute Gasteiger partial charge is 0.156 e. The lowest BCUT2D eigenvalue weighted by Crippen LogP contribution is -2.16. The summed E-state index contributed by atoms with van der Waals surface area (Å²) in [6, 6.07) is 10.1. The summed E-state index contributed by atoms with van der Waals surface area (Å²) in [6.45, 7) is 17.2. The Morgan fingerprint density at radius 2 is 1.66 bits per heavy atom. The summed E-state index contributed by atoms with van der Waals surface area (Å²) in [6.07, 6.45) is 43.8. The molecule has 4 heteroatoms. The Labute approximate surface area is 320 Å². The lowest BCUT2D eigenvalue weighted by atomic mass is 9.89. The molecule has 0 aliphatic heterocycles. The molecule has 2 N–H and O–H groups in total. The van der Waals surface area contributed by atoms with Crippen molar-refractivity contribution in [2.45, 2.75) is 72.6 Å². The standard InChI is InChI=1S/C49H59N3O/c1-7-11-14-15-16-22-34-53-40(6)47(10-4)43-29-23-26-42(30-32-43)36-45-33-31-41(25-19-13-9-3)37-46(45)38-51-49(44-27-20-17-21-28-44)52-48(50)35-39(5)24-18-12-8-2/h8-9,11-21,24-30,32-33,37H,2-3,7,10,22-23,31,34-36,38H2,1,4-6H3,(H2,50,51,52)/b14-11-,16-15-,18-12-,19-13-,39-24+,41-25+,47-40-. The van der Waals surface area contributed by atoms with Gasteiger partial charge >= 0.3 is 0 Å². The summed E-state index contributed by atoms with van der Waals surface area (Å²) in [5, 5.41) is 0. The van der Waals surface area contributed by atoms with Crippen molar-refractivity contribution < 1.29 is 4.74 Å². The van der Waals surface area contributed by atoms with Gasteiger partial charge in [-0.25, -0.2) is 4.99 Å². The molecule has 2 aliphatic rings. The molecule has 0 amide bonds. The van der Waals surface area contributed by atoms with Gasteiger partial charge in [-0.1, -0.05) is 172 Å². The Kier molecular flexibility index (Phi) is 19.5. The minimum Gasteiger partial charge on any atom is -0.498 e. The highest BCUT2D eigenvalue weighted by atomic mass is 16.5. The van der Waals surface area contributed by atoms with Gasteiger partial charge in [0.2, 0.25) is 0 Å². The molecule has 1 aromatic carbocycles. The molecule has 0 saturated carbocycles. The highest BCUT2D eigenvalue weighted by molar-refractivity contribution is 6.06. The van der Waals surface area contributed by atoms with Crippen molar-refractivity contribution in [2.24, 2.45) is 15.7 Å². The van der Waals surface area contributed by atoms with E-state index in [1.807, 2.05) is 67.6 Å². The van der Waals surface area contributed by atoms with Crippen molar-refractivity contribution in [3.8, 4) is 0 Å². The topological polar surface area (TPSA) is 60.0 Å². The molecule has 3 rings (SSSR count). The van der Waals surface area contributed by atoms with Crippen LogP contribution in [0.5, 0.6) is 0 Å². The number of hydrogen-bond acceptors (Lipinski definition) is 2. The third kappa shape index (κ3) is 15.7. The Morgan fingerprint density at radius 1 is 0.887 bits per heavy atom. The van der Waals surface area contributed by atoms with Crippen LogP contribution in [0.15, 0.2) is 208 Å². The highest BCUT2D eigenvalue weighted by Gasteiger charge is 2.15. The van der Waals surface area contributed by atoms with Gasteiger partial charge in [0.1, 0.15) is 5.84 Å². The minimum absolute atomic E-state index is 0.482. The van der Waals surface area contributed by atoms with Crippen molar-refractivity contribution >= 4 is 11.7 Å². The molecule has 0 unspecified atom stereocenters. The van der Waals surface area contributed by atoms with Crippen LogP contribution in [0.4, 0.5) is 0 Å². The average molecular weight is 706 g/mol. The summed E-state index contributed by atoms with van der Waals surface area (Å²) in [5.41, 5.74) is 16.0. The monoisotopic (exact) mass is 705 g/mol. The fourth-order valence-corrected chi connectivity index (χ4v) is 5.87. The Bertz CT molecular complexity index is 1820. The van der Waals surface area contributed by atoms with Gasteiger partial charge in [0.25, 0.3) is 0 Å². The molecule has 2 aliphatic carbocycles. The van der Waals surface area contributed by atoms with E-state index in [1.54, 1.807) is 12.2 Å². The SMILES string of the molecule is C=C/C=C\C=C(/C)CC(N)=NC(=NCC1=C/C(=C/C=C\C=C)CC=C1CC1=CCC=C(/C(CC)=C(/C)OCC/C=C\C=C/CC)C=C1)c1ccccc1. The molecule has 0 radical (unpaired) electrons. The molecule has 0 spiro atoms. The molecule has 1 aromatic rings. The van der Waals surface area contributed by atoms with Gasteiger partial charge in [0, 0.05) is 12.0 Å². The van der Waals surface area contributed by atoms with E-state index in [2.05, 4.69) is 101 Å². The van der Waals surface area contributed by atoms with Crippen molar-refractivity contribution in [3.63, 3.8) is 0 Å². The quantitative estimate of drug-likeness (QED) is 0.0512. The largest absolute Gasteiger partial charge is 0.498 e. The molecule has 0 atom stereocenters. The van der Waals surface area contributed by atoms with E-state index in [1.165, 1.54) is 33.4 Å². The third-order valence-corrected chi connectivity index (χ3v) is 8.62. The zero-order valence-electron chi connectivity index (χ0n) is 32.4. The zero-order chi connectivity index (χ0) is 38.1. The average Bonchev–Trinajstić information content (AvgIpc) is 3.40. The third-order valence-electron chi connectivity index (χ3n) is 8.62. The molecule has 0 saturated heterocycles. The van der Waals surface area contributed by atoms with E-state index in [0.29, 0.717) is 31.2 Å². The van der Waals surface area contributed by atoms with Gasteiger partial charge in [-0.3, -0.25) is 4.99 Å². The maximum absolute atomic E-state index is 6.49. The molecule has 4 nitrogen and oxygen atoms in total. The van der Waals surface area contributed by atoms with Crippen molar-refractivity contribution in [1.82, 2.24) is 0 Å². The van der Waals surface area contributed by atoms with Crippen LogP contribution < -0.4 is 5.73 Å². The normalized spacial score (nSPS) is 17.3. The minimum atomic E-state index is 0.482. The van der Waals surface area contributed by atoms with Gasteiger partial charge < -0.3 is 10.5 Å². The zero-order valence-corrected chi connectivity index (χ0v) is 32.4. The summed E-state index contributed by atoms with van der Waals surface area (Å²) < 4.78 is 6.19. The number of benzene rings is 1. The van der Waals surface area contributed by atoms with E-state index in [9.17, 15) is 0 Å². The molecule has 53 heavy (non-hydrogen) atoms. The van der Waals surface area contributed by atoms with E-state index in [0.717, 1.165) is 55.4 Å². The number of rotatable bonds is 19. The number of hydrogen-bond donors (Lipinski definition) is 1. The number of nitrogens with zero attached hydrogens (tertiary/aromatic N) is 2. The lowest BCUT2D eigenvalue weighted by Gasteiger charge is -2.18. The second kappa shape index (κ2) is 24.7. The molecule has 0 fully saturated rings. The van der Waals surface area contributed by atoms with Crippen LogP contribution in [0.1, 0.15) is 78.2 Å². The van der Waals surface area contributed by atoms with Crippen LogP contribution >= 0.6 is 0 Å². The van der Waals surface area contributed by atoms with Gasteiger partial charge in [0.05, 0.1) is 18.9 Å². The summed E-state index contributed by atoms with van der Waals surface area (Å²) in [7, 11) is 0. The maximum atomic E-state index is 6.49. The number of ether oxygens (including phenoxy) is 1. The molecular formula is C49H59N3O. The first-order valence-electron chi connectivity index (χ1n) is 18.9. The summed E-state index contributed by atoms with van der Waals surface area (Å²) in [4.78, 5) is 9.95. The van der Waals surface area contributed by atoms with E-state index < -0.39 is 0 Å². The lowest BCUT2D eigenvalue weighted by molar-refractivity contribution is 0.216. The molecular weight excluding hydrogens is 647 g/mol. The first-order chi connectivity index (χ1) is 25.9. The summed E-state index contributed by atoms with van der Waals surface area (Å²) >= 11 is 0. The predicted molar refractivity (Wildman–Crippen MR) is 232 cm³/mol. The van der Waals surface area contributed by atoms with Crippen LogP contribution in [0.25, 0.3) is 0 Å². The molecule has 0 bridgehead atoms. The van der Waals surface area contributed by atoms with Gasteiger partial charge in [-0.2, -0.15) is 0 Å². The summed E-state index contributed by atoms with van der Waals surface area (Å²) in [5.74, 6) is 2.15. The van der Waals surface area contributed by atoms with Crippen LogP contribution in [0, 0.1) is 0 Å². The second-order valence-electron chi connectivity index (χ2n) is 12.9. The Hall–Kier alpha value is -5.48. The van der Waals surface area contributed by atoms with E-state index in [4.69, 9.17) is 20.5 Å². The van der Waals surface area contributed by atoms with Crippen LogP contribution in [0.3, 0.4) is 0 Å². The predicted octanol–water partition coefficient (Wildman–Crippen LogP) is 12.6. The van der Waals surface area contributed by atoms with Crippen LogP contribution in [0.2, 0.25) is 0 Å². The fraction of sp³-hybridized carbons (Fsp3) is 0.265. The Balaban J connectivity index is 1.85. The van der Waals surface area contributed by atoms with Gasteiger partial charge in [-0.15, -0.1) is 0 Å². The highest BCUT2D eigenvalue weighted by Crippen LogP contribution is 2.31. The Morgan fingerprint density at radius 3 is 2.42 bits per heavy atom. The number of allylic oxidation sites excluding steroid dienone is 22. The second-order valence-corrected chi connectivity index (χ2v) is 12.9. The van der Waals surface area contributed by atoms with Crippen molar-refractivity contribution in [2.75, 3.05) is 13.2 Å². The molecule has 276 valence electrons. The van der Waals surface area contributed by atoms with Crippen LogP contribution in [-0.4, -0.2) is 24.8 Å². The number of amidine groups is 2. The number of aliphatic imine (C=N–C) groups is 2. The van der Waals surface area contributed by atoms with Crippen molar-refractivity contribution in [3.05, 3.63) is 203 Å². The first kappa shape index (κ1) is 41.9. The molecule has 0 heterocycles. The maximum Gasteiger partial charge on any atom is 0.156 e. The van der Waals surface area contributed by atoms with Crippen LogP contribution in [-0.2, 0) is 4.74 Å². The van der Waals surface area contributed by atoms with Gasteiger partial charge in [-0.05, 0) is 85.8 Å². The van der Waals surface area contributed by atoms with E-state index >= 15 is 0 Å². The van der Waals surface area contributed by atoms with Gasteiger partial charge in [0.15, 0.2) is 5.84 Å². The molecule has 0 aromatic heterocycles. The number of nitrogens with two attached hydrogens (primary N) is 1.